The molecule has 0 atom stereocenters. The molecule has 0 saturated carbocycles. The largest absolute Gasteiger partial charge is 0.341 e. The zero-order valence-corrected chi connectivity index (χ0v) is 12.8. The lowest BCUT2D eigenvalue weighted by atomic mass is 9.94. The number of hydrogen-bond acceptors (Lipinski definition) is 2. The number of carbonyl (C=O) groups excluding carboxylic acids is 1. The summed E-state index contributed by atoms with van der Waals surface area (Å²) in [5.74, 6) is 0.170. The fourth-order valence-corrected chi connectivity index (χ4v) is 2.31. The number of aryl methyl sites for hydroxylation is 2. The zero-order valence-electron chi connectivity index (χ0n) is 12.8. The monoisotopic (exact) mass is 262 g/mol. The van der Waals surface area contributed by atoms with Gasteiger partial charge in [-0.15, -0.1) is 0 Å². The molecule has 0 aromatic heterocycles. The predicted molar refractivity (Wildman–Crippen MR) is 80.2 cm³/mol. The minimum atomic E-state index is 0.170. The van der Waals surface area contributed by atoms with E-state index < -0.39 is 0 Å². The van der Waals surface area contributed by atoms with Crippen molar-refractivity contribution >= 4 is 5.91 Å². The second-order valence-electron chi connectivity index (χ2n) is 5.38. The molecular weight excluding hydrogens is 236 g/mol. The van der Waals surface area contributed by atoms with Gasteiger partial charge in [0.2, 0.25) is 5.91 Å². The highest BCUT2D eigenvalue weighted by molar-refractivity contribution is 5.76. The van der Waals surface area contributed by atoms with Crippen LogP contribution in [0.3, 0.4) is 0 Å². The van der Waals surface area contributed by atoms with Crippen molar-refractivity contribution in [2.45, 2.75) is 47.1 Å². The number of hydrogen-bond donors (Lipinski definition) is 1. The average Bonchev–Trinajstić information content (AvgIpc) is 2.38. The van der Waals surface area contributed by atoms with E-state index in [0.29, 0.717) is 19.5 Å². The first-order chi connectivity index (χ1) is 8.88. The van der Waals surface area contributed by atoms with E-state index in [9.17, 15) is 4.79 Å². The van der Waals surface area contributed by atoms with Crippen molar-refractivity contribution in [3.05, 3.63) is 33.9 Å². The van der Waals surface area contributed by atoms with E-state index in [0.717, 1.165) is 6.42 Å². The summed E-state index contributed by atoms with van der Waals surface area (Å²) in [6.07, 6.45) is 1.30. The zero-order chi connectivity index (χ0) is 14.6. The molecule has 1 amide bonds. The number of rotatable bonds is 5. The molecule has 0 aliphatic rings. The smallest absolute Gasteiger partial charge is 0.222 e. The summed E-state index contributed by atoms with van der Waals surface area (Å²) in [7, 11) is 1.87. The summed E-state index contributed by atoms with van der Waals surface area (Å²) >= 11 is 0. The lowest BCUT2D eigenvalue weighted by molar-refractivity contribution is -0.130. The Morgan fingerprint density at radius 2 is 1.68 bits per heavy atom. The van der Waals surface area contributed by atoms with Gasteiger partial charge in [0.15, 0.2) is 0 Å². The van der Waals surface area contributed by atoms with Crippen molar-refractivity contribution in [3.63, 3.8) is 0 Å². The van der Waals surface area contributed by atoms with Crippen LogP contribution in [-0.2, 0) is 11.3 Å². The molecule has 0 aliphatic heterocycles. The summed E-state index contributed by atoms with van der Waals surface area (Å²) in [5, 5.41) is 0. The molecule has 0 heterocycles. The van der Waals surface area contributed by atoms with E-state index in [1.54, 1.807) is 0 Å². The van der Waals surface area contributed by atoms with Gasteiger partial charge in [0.05, 0.1) is 0 Å². The van der Waals surface area contributed by atoms with Crippen molar-refractivity contribution in [1.82, 2.24) is 4.90 Å². The normalized spacial score (nSPS) is 10.6. The Labute approximate surface area is 116 Å². The molecule has 0 fully saturated rings. The van der Waals surface area contributed by atoms with Crippen LogP contribution in [0.25, 0.3) is 0 Å². The van der Waals surface area contributed by atoms with Crippen LogP contribution in [0.2, 0.25) is 0 Å². The van der Waals surface area contributed by atoms with Gasteiger partial charge in [0, 0.05) is 20.0 Å². The quantitative estimate of drug-likeness (QED) is 0.886. The third-order valence-corrected chi connectivity index (χ3v) is 3.94. The highest BCUT2D eigenvalue weighted by Gasteiger charge is 2.14. The van der Waals surface area contributed by atoms with Crippen LogP contribution in [0.15, 0.2) is 6.07 Å². The standard InChI is InChI=1S/C16H26N2O/c1-11-9-12(2)14(4)15(13(11)3)10-18(5)16(19)7-6-8-17/h9H,6-8,10,17H2,1-5H3. The van der Waals surface area contributed by atoms with Crippen LogP contribution in [0.1, 0.15) is 40.7 Å². The second kappa shape index (κ2) is 6.71. The minimum absolute atomic E-state index is 0.170. The van der Waals surface area contributed by atoms with Crippen LogP contribution in [0.5, 0.6) is 0 Å². The van der Waals surface area contributed by atoms with Crippen LogP contribution < -0.4 is 5.73 Å². The number of benzene rings is 1. The summed E-state index contributed by atoms with van der Waals surface area (Å²) in [6, 6.07) is 2.21. The molecule has 0 saturated heterocycles. The summed E-state index contributed by atoms with van der Waals surface area (Å²) in [5.41, 5.74) is 11.9. The molecule has 0 aliphatic carbocycles. The maximum atomic E-state index is 12.0. The van der Waals surface area contributed by atoms with Gasteiger partial charge in [0.1, 0.15) is 0 Å². The molecule has 0 bridgehead atoms. The maximum Gasteiger partial charge on any atom is 0.222 e. The molecule has 3 heteroatoms. The molecule has 106 valence electrons. The molecule has 1 aromatic carbocycles. The van der Waals surface area contributed by atoms with E-state index in [1.165, 1.54) is 27.8 Å². The van der Waals surface area contributed by atoms with Crippen LogP contribution in [0, 0.1) is 27.7 Å². The molecule has 1 aromatic rings. The molecular formula is C16H26N2O. The number of nitrogens with zero attached hydrogens (tertiary/aromatic N) is 1. The Bertz CT molecular complexity index is 440. The predicted octanol–water partition coefficient (Wildman–Crippen LogP) is 2.62. The van der Waals surface area contributed by atoms with Gasteiger partial charge in [-0.25, -0.2) is 0 Å². The van der Waals surface area contributed by atoms with Gasteiger partial charge in [-0.05, 0) is 68.5 Å². The first-order valence-corrected chi connectivity index (χ1v) is 6.88. The van der Waals surface area contributed by atoms with Gasteiger partial charge < -0.3 is 10.6 Å². The Morgan fingerprint density at radius 3 is 2.16 bits per heavy atom. The molecule has 0 radical (unpaired) electrons. The number of amides is 1. The number of nitrogens with two attached hydrogens (primary N) is 1. The van der Waals surface area contributed by atoms with E-state index >= 15 is 0 Å². The van der Waals surface area contributed by atoms with Gasteiger partial charge in [-0.2, -0.15) is 0 Å². The Hall–Kier alpha value is -1.35. The van der Waals surface area contributed by atoms with Gasteiger partial charge >= 0.3 is 0 Å². The van der Waals surface area contributed by atoms with Gasteiger partial charge in [-0.3, -0.25) is 4.79 Å². The first-order valence-electron chi connectivity index (χ1n) is 6.88. The highest BCUT2D eigenvalue weighted by Crippen LogP contribution is 2.23. The average molecular weight is 262 g/mol. The van der Waals surface area contributed by atoms with E-state index in [-0.39, 0.29) is 5.91 Å². The van der Waals surface area contributed by atoms with Crippen LogP contribution in [-0.4, -0.2) is 24.4 Å². The summed E-state index contributed by atoms with van der Waals surface area (Å²) in [4.78, 5) is 13.8. The lowest BCUT2D eigenvalue weighted by Crippen LogP contribution is -2.27. The SMILES string of the molecule is Cc1cc(C)c(C)c(CN(C)C(=O)CCCN)c1C. The topological polar surface area (TPSA) is 46.3 Å². The minimum Gasteiger partial charge on any atom is -0.341 e. The molecule has 0 spiro atoms. The van der Waals surface area contributed by atoms with Gasteiger partial charge in [0.25, 0.3) is 0 Å². The molecule has 2 N–H and O–H groups in total. The summed E-state index contributed by atoms with van der Waals surface area (Å²) < 4.78 is 0. The fourth-order valence-electron chi connectivity index (χ4n) is 2.31. The van der Waals surface area contributed by atoms with Gasteiger partial charge in [-0.1, -0.05) is 6.07 Å². The molecule has 0 unspecified atom stereocenters. The van der Waals surface area contributed by atoms with Crippen LogP contribution >= 0.6 is 0 Å². The molecule has 19 heavy (non-hydrogen) atoms. The van der Waals surface area contributed by atoms with Crippen molar-refractivity contribution in [2.75, 3.05) is 13.6 Å². The fraction of sp³-hybridized carbons (Fsp3) is 0.562. The lowest BCUT2D eigenvalue weighted by Gasteiger charge is -2.22. The highest BCUT2D eigenvalue weighted by atomic mass is 16.2. The Morgan fingerprint density at radius 1 is 1.16 bits per heavy atom. The third-order valence-electron chi connectivity index (χ3n) is 3.94. The van der Waals surface area contributed by atoms with Crippen LogP contribution in [0.4, 0.5) is 0 Å². The van der Waals surface area contributed by atoms with E-state index in [4.69, 9.17) is 5.73 Å². The Balaban J connectivity index is 2.90. The van der Waals surface area contributed by atoms with E-state index in [1.807, 2.05) is 11.9 Å². The Kier molecular flexibility index (Phi) is 5.55. The molecule has 3 nitrogen and oxygen atoms in total. The third kappa shape index (κ3) is 3.80. The van der Waals surface area contributed by atoms with Crippen molar-refractivity contribution in [2.24, 2.45) is 5.73 Å². The summed E-state index contributed by atoms with van der Waals surface area (Å²) in [6.45, 7) is 9.78. The van der Waals surface area contributed by atoms with Crippen molar-refractivity contribution in [1.29, 1.82) is 0 Å². The molecule has 1 rings (SSSR count). The first kappa shape index (κ1) is 15.7. The second-order valence-corrected chi connectivity index (χ2v) is 5.38. The van der Waals surface area contributed by atoms with Crippen molar-refractivity contribution < 1.29 is 4.79 Å². The number of carbonyl (C=O) groups is 1. The van der Waals surface area contributed by atoms with E-state index in [2.05, 4.69) is 33.8 Å². The maximum absolute atomic E-state index is 12.0. The van der Waals surface area contributed by atoms with Crippen molar-refractivity contribution in [3.8, 4) is 0 Å².